The maximum absolute atomic E-state index is 5.83. The molecule has 1 aliphatic rings. The third kappa shape index (κ3) is 2.88. The molecular formula is C12H21N5O. The van der Waals surface area contributed by atoms with Crippen molar-refractivity contribution in [3.8, 4) is 5.88 Å². The molecule has 6 nitrogen and oxygen atoms in total. The molecule has 100 valence electrons. The molecule has 1 fully saturated rings. The van der Waals surface area contributed by atoms with Crippen molar-refractivity contribution in [2.45, 2.75) is 13.0 Å². The Bertz CT molecular complexity index is 386. The minimum Gasteiger partial charge on any atom is -0.478 e. The van der Waals surface area contributed by atoms with Crippen molar-refractivity contribution in [2.24, 2.45) is 5.73 Å². The van der Waals surface area contributed by atoms with Crippen molar-refractivity contribution in [3.63, 3.8) is 0 Å². The molecule has 6 heteroatoms. The van der Waals surface area contributed by atoms with Crippen LogP contribution in [-0.4, -0.2) is 60.7 Å². The molecule has 1 saturated heterocycles. The summed E-state index contributed by atoms with van der Waals surface area (Å²) in [6.07, 6.45) is 1.74. The van der Waals surface area contributed by atoms with Gasteiger partial charge in [0, 0.05) is 38.4 Å². The first-order chi connectivity index (χ1) is 8.74. The molecule has 2 heterocycles. The molecule has 1 atom stereocenters. The van der Waals surface area contributed by atoms with Gasteiger partial charge in [-0.05, 0) is 14.0 Å². The zero-order valence-corrected chi connectivity index (χ0v) is 11.0. The summed E-state index contributed by atoms with van der Waals surface area (Å²) in [5.41, 5.74) is 5.83. The molecule has 0 spiro atoms. The van der Waals surface area contributed by atoms with Gasteiger partial charge in [0.1, 0.15) is 0 Å². The van der Waals surface area contributed by atoms with Crippen LogP contribution >= 0.6 is 0 Å². The summed E-state index contributed by atoms with van der Waals surface area (Å²) in [7, 11) is 2.11. The van der Waals surface area contributed by atoms with E-state index in [0.29, 0.717) is 25.0 Å². The fourth-order valence-electron chi connectivity index (χ4n) is 2.17. The lowest BCUT2D eigenvalue weighted by Crippen LogP contribution is -2.55. The maximum Gasteiger partial charge on any atom is 0.228 e. The molecule has 2 rings (SSSR count). The van der Waals surface area contributed by atoms with Crippen LogP contribution in [0.4, 0.5) is 5.95 Å². The number of nitrogens with zero attached hydrogens (tertiary/aromatic N) is 4. The molecule has 0 bridgehead atoms. The van der Waals surface area contributed by atoms with Gasteiger partial charge >= 0.3 is 0 Å². The van der Waals surface area contributed by atoms with Crippen molar-refractivity contribution in [3.05, 3.63) is 12.3 Å². The van der Waals surface area contributed by atoms with Crippen LogP contribution < -0.4 is 15.4 Å². The summed E-state index contributed by atoms with van der Waals surface area (Å²) in [6, 6.07) is 2.04. The van der Waals surface area contributed by atoms with Gasteiger partial charge < -0.3 is 20.3 Å². The first kappa shape index (κ1) is 13.0. The van der Waals surface area contributed by atoms with Crippen molar-refractivity contribution in [1.29, 1.82) is 0 Å². The number of likely N-dealkylation sites (N-methyl/N-ethyl adjacent to an activating group) is 1. The fraction of sp³-hybridized carbons (Fsp3) is 0.667. The average molecular weight is 251 g/mol. The monoisotopic (exact) mass is 251 g/mol. The van der Waals surface area contributed by atoms with E-state index in [0.717, 1.165) is 19.6 Å². The lowest BCUT2D eigenvalue weighted by Gasteiger charge is -2.39. The van der Waals surface area contributed by atoms with Gasteiger partial charge in [0.25, 0.3) is 0 Å². The first-order valence-electron chi connectivity index (χ1n) is 6.35. The van der Waals surface area contributed by atoms with Crippen LogP contribution in [0.5, 0.6) is 5.88 Å². The number of anilines is 1. The SMILES string of the molecule is CCOc1ccnc(N2CCN(C)CC2CN)n1. The molecule has 2 N–H and O–H groups in total. The normalized spacial score (nSPS) is 21.1. The molecule has 1 aromatic rings. The van der Waals surface area contributed by atoms with Crippen molar-refractivity contribution < 1.29 is 4.74 Å². The molecule has 18 heavy (non-hydrogen) atoms. The van der Waals surface area contributed by atoms with E-state index in [1.165, 1.54) is 0 Å². The Hall–Kier alpha value is -1.40. The zero-order chi connectivity index (χ0) is 13.0. The van der Waals surface area contributed by atoms with Gasteiger partial charge in [-0.3, -0.25) is 0 Å². The van der Waals surface area contributed by atoms with Gasteiger partial charge in [0.15, 0.2) is 0 Å². The number of hydrogen-bond acceptors (Lipinski definition) is 6. The Balaban J connectivity index is 2.16. The second-order valence-electron chi connectivity index (χ2n) is 4.47. The highest BCUT2D eigenvalue weighted by Gasteiger charge is 2.26. The van der Waals surface area contributed by atoms with Crippen LogP contribution in [0, 0.1) is 0 Å². The Labute approximate surface area is 108 Å². The molecule has 1 unspecified atom stereocenters. The van der Waals surface area contributed by atoms with Crippen LogP contribution in [0.15, 0.2) is 12.3 Å². The van der Waals surface area contributed by atoms with Crippen molar-refractivity contribution >= 4 is 5.95 Å². The van der Waals surface area contributed by atoms with E-state index in [-0.39, 0.29) is 6.04 Å². The number of rotatable bonds is 4. The summed E-state index contributed by atoms with van der Waals surface area (Å²) in [6.45, 7) is 6.00. The number of piperazine rings is 1. The third-order valence-electron chi connectivity index (χ3n) is 3.12. The van der Waals surface area contributed by atoms with E-state index in [2.05, 4.69) is 26.8 Å². The molecular weight excluding hydrogens is 230 g/mol. The van der Waals surface area contributed by atoms with E-state index >= 15 is 0 Å². The smallest absolute Gasteiger partial charge is 0.228 e. The van der Waals surface area contributed by atoms with Gasteiger partial charge in [-0.2, -0.15) is 4.98 Å². The highest BCUT2D eigenvalue weighted by atomic mass is 16.5. The first-order valence-corrected chi connectivity index (χ1v) is 6.35. The van der Waals surface area contributed by atoms with E-state index in [9.17, 15) is 0 Å². The van der Waals surface area contributed by atoms with Gasteiger partial charge in [0.05, 0.1) is 12.6 Å². The summed E-state index contributed by atoms with van der Waals surface area (Å²) in [5, 5.41) is 0. The fourth-order valence-corrected chi connectivity index (χ4v) is 2.17. The Morgan fingerprint density at radius 3 is 3.06 bits per heavy atom. The predicted molar refractivity (Wildman–Crippen MR) is 70.9 cm³/mol. The highest BCUT2D eigenvalue weighted by molar-refractivity contribution is 5.35. The van der Waals surface area contributed by atoms with Gasteiger partial charge in [-0.25, -0.2) is 4.98 Å². The highest BCUT2D eigenvalue weighted by Crippen LogP contribution is 2.17. The molecule has 0 radical (unpaired) electrons. The molecule has 0 aromatic carbocycles. The summed E-state index contributed by atoms with van der Waals surface area (Å²) >= 11 is 0. The number of nitrogens with two attached hydrogens (primary N) is 1. The summed E-state index contributed by atoms with van der Waals surface area (Å²) in [5.74, 6) is 1.33. The zero-order valence-electron chi connectivity index (χ0n) is 11.0. The van der Waals surface area contributed by atoms with Gasteiger partial charge in [-0.15, -0.1) is 0 Å². The number of hydrogen-bond donors (Lipinski definition) is 1. The lowest BCUT2D eigenvalue weighted by atomic mass is 10.2. The van der Waals surface area contributed by atoms with Crippen LogP contribution in [-0.2, 0) is 0 Å². The largest absolute Gasteiger partial charge is 0.478 e. The Kier molecular flexibility index (Phi) is 4.33. The van der Waals surface area contributed by atoms with Crippen LogP contribution in [0.25, 0.3) is 0 Å². The van der Waals surface area contributed by atoms with E-state index < -0.39 is 0 Å². The van der Waals surface area contributed by atoms with Crippen LogP contribution in [0.2, 0.25) is 0 Å². The lowest BCUT2D eigenvalue weighted by molar-refractivity contribution is 0.266. The van der Waals surface area contributed by atoms with Gasteiger partial charge in [0.2, 0.25) is 11.8 Å². The molecule has 1 aromatic heterocycles. The van der Waals surface area contributed by atoms with E-state index in [1.807, 2.05) is 6.92 Å². The van der Waals surface area contributed by atoms with Crippen LogP contribution in [0.1, 0.15) is 6.92 Å². The van der Waals surface area contributed by atoms with E-state index in [4.69, 9.17) is 10.5 Å². The standard InChI is InChI=1S/C12H21N5O/c1-3-18-11-4-5-14-12(15-11)17-7-6-16(2)9-10(17)8-13/h4-5,10H,3,6-9,13H2,1-2H3. The summed E-state index contributed by atoms with van der Waals surface area (Å²) in [4.78, 5) is 13.2. The Morgan fingerprint density at radius 2 is 2.33 bits per heavy atom. The molecule has 0 aliphatic carbocycles. The van der Waals surface area contributed by atoms with Crippen molar-refractivity contribution in [1.82, 2.24) is 14.9 Å². The molecule has 0 amide bonds. The van der Waals surface area contributed by atoms with Crippen LogP contribution in [0.3, 0.4) is 0 Å². The second kappa shape index (κ2) is 5.97. The van der Waals surface area contributed by atoms with Gasteiger partial charge in [-0.1, -0.05) is 0 Å². The average Bonchev–Trinajstić information content (AvgIpc) is 2.39. The van der Waals surface area contributed by atoms with Crippen molar-refractivity contribution in [2.75, 3.05) is 44.7 Å². The van der Waals surface area contributed by atoms with E-state index in [1.54, 1.807) is 12.3 Å². The maximum atomic E-state index is 5.83. The third-order valence-corrected chi connectivity index (χ3v) is 3.12. The Morgan fingerprint density at radius 1 is 1.50 bits per heavy atom. The minimum atomic E-state index is 0.264. The topological polar surface area (TPSA) is 67.5 Å². The molecule has 1 aliphatic heterocycles. The summed E-state index contributed by atoms with van der Waals surface area (Å²) < 4.78 is 5.41. The second-order valence-corrected chi connectivity index (χ2v) is 4.47. The molecule has 0 saturated carbocycles. The number of ether oxygens (including phenoxy) is 1. The predicted octanol–water partition coefficient (Wildman–Crippen LogP) is -0.0456. The number of aromatic nitrogens is 2. The quantitative estimate of drug-likeness (QED) is 0.809. The minimum absolute atomic E-state index is 0.264.